The van der Waals surface area contributed by atoms with E-state index in [0.717, 1.165) is 6.07 Å². The van der Waals surface area contributed by atoms with Crippen LogP contribution in [0.2, 0.25) is 0 Å². The molecule has 9 nitrogen and oxygen atoms in total. The second kappa shape index (κ2) is 7.53. The highest BCUT2D eigenvalue weighted by Crippen LogP contribution is 2.33. The van der Waals surface area contributed by atoms with E-state index in [-0.39, 0.29) is 23.0 Å². The molecule has 0 fully saturated rings. The van der Waals surface area contributed by atoms with E-state index in [2.05, 4.69) is 10.0 Å². The number of nitrogens with zero attached hydrogens (tertiary/aromatic N) is 1. The van der Waals surface area contributed by atoms with Gasteiger partial charge in [-0.25, -0.2) is 4.21 Å². The van der Waals surface area contributed by atoms with Crippen molar-refractivity contribution in [2.45, 2.75) is 6.92 Å². The molecule has 3 N–H and O–H groups in total. The Morgan fingerprint density at radius 3 is 2.46 bits per heavy atom. The molecule has 1 amide bonds. The average molecular weight is 351 g/mol. The lowest BCUT2D eigenvalue weighted by atomic mass is 10.2. The molecular weight excluding hydrogens is 338 g/mol. The lowest BCUT2D eigenvalue weighted by Gasteiger charge is -2.11. The first-order chi connectivity index (χ1) is 11.3. The molecule has 2 aromatic rings. The number of benzene rings is 2. The maximum absolute atomic E-state index is 11.0. The summed E-state index contributed by atoms with van der Waals surface area (Å²) >= 11 is -2.36. The van der Waals surface area contributed by atoms with E-state index in [1.165, 1.54) is 19.1 Å². The first-order valence-electron chi connectivity index (χ1n) is 6.56. The summed E-state index contributed by atoms with van der Waals surface area (Å²) in [5.41, 5.74) is 0.449. The number of nitro benzene ring substituents is 1. The van der Waals surface area contributed by atoms with Crippen LogP contribution in [0.15, 0.2) is 42.5 Å². The third-order valence-electron chi connectivity index (χ3n) is 2.78. The molecule has 0 saturated carbocycles. The van der Waals surface area contributed by atoms with Crippen LogP contribution in [0.3, 0.4) is 0 Å². The van der Waals surface area contributed by atoms with Crippen LogP contribution < -0.4 is 14.8 Å². The molecule has 0 radical (unpaired) electrons. The van der Waals surface area contributed by atoms with Crippen molar-refractivity contribution in [2.75, 3.05) is 10.0 Å². The quantitative estimate of drug-likeness (QED) is 0.417. The van der Waals surface area contributed by atoms with Crippen molar-refractivity contribution >= 4 is 34.2 Å². The number of carbonyl (C=O) groups excluding carboxylic acids is 1. The minimum Gasteiger partial charge on any atom is -0.455 e. The molecule has 0 aromatic heterocycles. The third-order valence-corrected chi connectivity index (χ3v) is 3.17. The first-order valence-corrected chi connectivity index (χ1v) is 7.67. The van der Waals surface area contributed by atoms with Crippen molar-refractivity contribution in [2.24, 2.45) is 0 Å². The van der Waals surface area contributed by atoms with E-state index < -0.39 is 16.2 Å². The van der Waals surface area contributed by atoms with Crippen LogP contribution >= 0.6 is 0 Å². The van der Waals surface area contributed by atoms with Gasteiger partial charge < -0.3 is 10.1 Å². The summed E-state index contributed by atoms with van der Waals surface area (Å²) in [6.45, 7) is 1.38. The van der Waals surface area contributed by atoms with Gasteiger partial charge in [0.2, 0.25) is 5.91 Å². The molecule has 0 aliphatic carbocycles. The zero-order valence-corrected chi connectivity index (χ0v) is 13.2. The molecule has 10 heteroatoms. The largest absolute Gasteiger partial charge is 0.455 e. The molecule has 0 bridgehead atoms. The standard InChI is InChI=1S/C14H13N3O6S/c1-9(18)15-10-2-5-12(6-3-10)23-14-8-11(17(19)20)4-7-13(14)16-24(21)22/h2-8,16H,1H3,(H,15,18)(H,21,22). The summed E-state index contributed by atoms with van der Waals surface area (Å²) in [6.07, 6.45) is 0. The van der Waals surface area contributed by atoms with Crippen LogP contribution in [0.25, 0.3) is 0 Å². The van der Waals surface area contributed by atoms with E-state index in [0.29, 0.717) is 11.4 Å². The molecule has 0 aliphatic rings. The fraction of sp³-hybridized carbons (Fsp3) is 0.0714. The number of nitrogens with one attached hydrogen (secondary N) is 2. The zero-order valence-electron chi connectivity index (χ0n) is 12.4. The van der Waals surface area contributed by atoms with Crippen molar-refractivity contribution in [3.05, 3.63) is 52.6 Å². The lowest BCUT2D eigenvalue weighted by molar-refractivity contribution is -0.384. The number of amides is 1. The second-order valence-corrected chi connectivity index (χ2v) is 5.30. The van der Waals surface area contributed by atoms with Gasteiger partial charge in [-0.15, -0.1) is 0 Å². The molecule has 24 heavy (non-hydrogen) atoms. The molecule has 1 atom stereocenters. The Balaban J connectivity index is 2.28. The Morgan fingerprint density at radius 2 is 1.92 bits per heavy atom. The minimum atomic E-state index is -2.36. The van der Waals surface area contributed by atoms with Crippen molar-refractivity contribution in [1.29, 1.82) is 0 Å². The van der Waals surface area contributed by atoms with Crippen LogP contribution in [-0.2, 0) is 16.1 Å². The molecule has 1 unspecified atom stereocenters. The number of hydrogen-bond donors (Lipinski definition) is 3. The summed E-state index contributed by atoms with van der Waals surface area (Å²) in [5, 5.41) is 13.5. The lowest BCUT2D eigenvalue weighted by Crippen LogP contribution is -2.05. The molecule has 0 saturated heterocycles. The Bertz CT molecular complexity index is 794. The summed E-state index contributed by atoms with van der Waals surface area (Å²) in [5.74, 6) is 0.120. The van der Waals surface area contributed by atoms with Crippen LogP contribution in [0.5, 0.6) is 11.5 Å². The predicted molar refractivity (Wildman–Crippen MR) is 88.3 cm³/mol. The SMILES string of the molecule is CC(=O)Nc1ccc(Oc2cc([N+](=O)[O-])ccc2NS(=O)O)cc1. The van der Waals surface area contributed by atoms with Gasteiger partial charge in [-0.2, -0.15) is 0 Å². The van der Waals surface area contributed by atoms with E-state index >= 15 is 0 Å². The summed E-state index contributed by atoms with van der Waals surface area (Å²) in [7, 11) is 0. The van der Waals surface area contributed by atoms with Crippen molar-refractivity contribution in [3.8, 4) is 11.5 Å². The summed E-state index contributed by atoms with van der Waals surface area (Å²) < 4.78 is 27.6. The van der Waals surface area contributed by atoms with Crippen molar-refractivity contribution in [3.63, 3.8) is 0 Å². The number of carbonyl (C=O) groups is 1. The number of ether oxygens (including phenoxy) is 1. The van der Waals surface area contributed by atoms with E-state index in [4.69, 9.17) is 9.29 Å². The van der Waals surface area contributed by atoms with E-state index in [1.807, 2.05) is 0 Å². The third kappa shape index (κ3) is 4.76. The smallest absolute Gasteiger partial charge is 0.273 e. The maximum Gasteiger partial charge on any atom is 0.273 e. The Kier molecular flexibility index (Phi) is 5.45. The van der Waals surface area contributed by atoms with E-state index in [9.17, 15) is 19.1 Å². The molecule has 126 valence electrons. The number of nitro groups is 1. The van der Waals surface area contributed by atoms with Crippen LogP contribution in [0.4, 0.5) is 17.1 Å². The fourth-order valence-electron chi connectivity index (χ4n) is 1.82. The minimum absolute atomic E-state index is 0.0128. The van der Waals surface area contributed by atoms with Gasteiger partial charge in [-0.3, -0.25) is 24.2 Å². The summed E-state index contributed by atoms with van der Waals surface area (Å²) in [6, 6.07) is 9.86. The number of non-ortho nitro benzene ring substituents is 1. The molecule has 0 aliphatic heterocycles. The second-order valence-electron chi connectivity index (χ2n) is 4.60. The predicted octanol–water partition coefficient (Wildman–Crippen LogP) is 2.89. The molecule has 0 heterocycles. The average Bonchev–Trinajstić information content (AvgIpc) is 2.49. The first kappa shape index (κ1) is 17.4. The van der Waals surface area contributed by atoms with Gasteiger partial charge in [0.05, 0.1) is 16.7 Å². The van der Waals surface area contributed by atoms with Gasteiger partial charge in [0, 0.05) is 18.7 Å². The highest BCUT2D eigenvalue weighted by molar-refractivity contribution is 7.80. The van der Waals surface area contributed by atoms with Gasteiger partial charge in [0.1, 0.15) is 5.75 Å². The number of rotatable bonds is 6. The fourth-order valence-corrected chi connectivity index (χ4v) is 2.18. The van der Waals surface area contributed by atoms with Crippen molar-refractivity contribution < 1.29 is 23.2 Å². The summed E-state index contributed by atoms with van der Waals surface area (Å²) in [4.78, 5) is 21.2. The number of anilines is 2. The van der Waals surface area contributed by atoms with Gasteiger partial charge in [-0.1, -0.05) is 0 Å². The van der Waals surface area contributed by atoms with Crippen LogP contribution in [0.1, 0.15) is 6.92 Å². The highest BCUT2D eigenvalue weighted by Gasteiger charge is 2.14. The molecular formula is C14H13N3O6S. The van der Waals surface area contributed by atoms with Gasteiger partial charge in [-0.05, 0) is 30.3 Å². The monoisotopic (exact) mass is 351 g/mol. The highest BCUT2D eigenvalue weighted by atomic mass is 32.2. The molecule has 2 rings (SSSR count). The number of hydrogen-bond acceptors (Lipinski definition) is 5. The van der Waals surface area contributed by atoms with Gasteiger partial charge >= 0.3 is 0 Å². The Morgan fingerprint density at radius 1 is 1.25 bits per heavy atom. The van der Waals surface area contributed by atoms with Crippen LogP contribution in [-0.4, -0.2) is 19.6 Å². The van der Waals surface area contributed by atoms with Crippen LogP contribution in [0, 0.1) is 10.1 Å². The normalized spacial score (nSPS) is 11.4. The molecule has 2 aromatic carbocycles. The van der Waals surface area contributed by atoms with Crippen molar-refractivity contribution in [1.82, 2.24) is 0 Å². The van der Waals surface area contributed by atoms with Gasteiger partial charge in [0.15, 0.2) is 5.75 Å². The van der Waals surface area contributed by atoms with E-state index in [1.54, 1.807) is 24.3 Å². The van der Waals surface area contributed by atoms with Gasteiger partial charge in [0.25, 0.3) is 17.0 Å². The Hall–Kier alpha value is -2.98. The maximum atomic E-state index is 11.0. The molecule has 0 spiro atoms. The zero-order chi connectivity index (χ0) is 17.7. The Labute approximate surface area is 139 Å². The topological polar surface area (TPSA) is 131 Å².